The predicted octanol–water partition coefficient (Wildman–Crippen LogP) is 2.07. The lowest BCUT2D eigenvalue weighted by Gasteiger charge is -2.32. The highest BCUT2D eigenvalue weighted by molar-refractivity contribution is 5.86. The first-order valence-electron chi connectivity index (χ1n) is 6.59. The highest BCUT2D eigenvalue weighted by atomic mass is 16.4. The number of urea groups is 1. The molecule has 0 radical (unpaired) electrons. The number of likely N-dealkylation sites (tertiary alicyclic amines) is 1. The zero-order valence-electron chi connectivity index (χ0n) is 11.7. The lowest BCUT2D eigenvalue weighted by molar-refractivity contribution is -0.147. The second kappa shape index (κ2) is 5.59. The molecule has 0 aliphatic carbocycles. The number of amides is 2. The Bertz CT molecular complexity index is 330. The predicted molar refractivity (Wildman–Crippen MR) is 69.4 cm³/mol. The van der Waals surface area contributed by atoms with Gasteiger partial charge in [0.15, 0.2) is 0 Å². The van der Waals surface area contributed by atoms with Crippen LogP contribution in [0.5, 0.6) is 0 Å². The van der Waals surface area contributed by atoms with E-state index in [9.17, 15) is 14.7 Å². The van der Waals surface area contributed by atoms with Gasteiger partial charge in [0.05, 0.1) is 0 Å². The van der Waals surface area contributed by atoms with E-state index in [2.05, 4.69) is 19.2 Å². The summed E-state index contributed by atoms with van der Waals surface area (Å²) in [5.41, 5.74) is -1.05. The quantitative estimate of drug-likeness (QED) is 0.809. The summed E-state index contributed by atoms with van der Waals surface area (Å²) in [4.78, 5) is 24.8. The number of nitrogens with zero attached hydrogens (tertiary/aromatic N) is 1. The minimum Gasteiger partial charge on any atom is -0.480 e. The molecule has 0 bridgehead atoms. The van der Waals surface area contributed by atoms with E-state index in [0.29, 0.717) is 18.9 Å². The Kier molecular flexibility index (Phi) is 4.59. The summed E-state index contributed by atoms with van der Waals surface area (Å²) in [5, 5.41) is 12.1. The van der Waals surface area contributed by atoms with Crippen LogP contribution in [-0.4, -0.2) is 40.1 Å². The summed E-state index contributed by atoms with van der Waals surface area (Å²) in [6.07, 6.45) is 2.16. The summed E-state index contributed by atoms with van der Waals surface area (Å²) < 4.78 is 0. The van der Waals surface area contributed by atoms with Gasteiger partial charge in [0.25, 0.3) is 0 Å². The van der Waals surface area contributed by atoms with Gasteiger partial charge in [-0.25, -0.2) is 9.59 Å². The molecular formula is C13H24N2O3. The second-order valence-corrected chi connectivity index (χ2v) is 5.81. The largest absolute Gasteiger partial charge is 0.480 e. The van der Waals surface area contributed by atoms with Crippen LogP contribution in [0, 0.1) is 5.92 Å². The van der Waals surface area contributed by atoms with Crippen LogP contribution in [-0.2, 0) is 4.79 Å². The topological polar surface area (TPSA) is 69.6 Å². The number of carboxylic acid groups (broad SMARTS) is 1. The lowest BCUT2D eigenvalue weighted by Crippen LogP contribution is -2.55. The van der Waals surface area contributed by atoms with Crippen molar-refractivity contribution in [3.8, 4) is 0 Å². The van der Waals surface area contributed by atoms with Crippen LogP contribution < -0.4 is 5.32 Å². The van der Waals surface area contributed by atoms with Crippen molar-refractivity contribution in [1.82, 2.24) is 10.2 Å². The number of hydrogen-bond acceptors (Lipinski definition) is 2. The maximum Gasteiger partial charge on any atom is 0.329 e. The first-order chi connectivity index (χ1) is 8.27. The molecule has 0 saturated carbocycles. The van der Waals surface area contributed by atoms with Gasteiger partial charge in [-0.2, -0.15) is 0 Å². The van der Waals surface area contributed by atoms with E-state index in [0.717, 1.165) is 12.8 Å². The molecule has 0 spiro atoms. The van der Waals surface area contributed by atoms with Gasteiger partial charge in [0.2, 0.25) is 0 Å². The minimum atomic E-state index is -1.05. The molecular weight excluding hydrogens is 232 g/mol. The molecule has 1 aliphatic heterocycles. The molecule has 1 rings (SSSR count). The highest BCUT2D eigenvalue weighted by Crippen LogP contribution is 2.29. The molecule has 0 aromatic heterocycles. The Balaban J connectivity index is 2.64. The summed E-state index contributed by atoms with van der Waals surface area (Å²) in [6, 6.07) is -0.193. The molecule has 1 aliphatic rings. The first-order valence-corrected chi connectivity index (χ1v) is 6.59. The fraction of sp³-hybridized carbons (Fsp3) is 0.846. The number of carboxylic acids is 1. The molecule has 1 saturated heterocycles. The first kappa shape index (κ1) is 14.8. The molecule has 0 aromatic carbocycles. The zero-order chi connectivity index (χ0) is 13.9. The van der Waals surface area contributed by atoms with E-state index in [1.807, 2.05) is 6.92 Å². The van der Waals surface area contributed by atoms with Crippen molar-refractivity contribution in [2.24, 2.45) is 5.92 Å². The van der Waals surface area contributed by atoms with E-state index in [4.69, 9.17) is 0 Å². The Hall–Kier alpha value is -1.26. The van der Waals surface area contributed by atoms with Gasteiger partial charge in [-0.1, -0.05) is 13.8 Å². The lowest BCUT2D eigenvalue weighted by atomic mass is 9.99. The van der Waals surface area contributed by atoms with Crippen LogP contribution in [0.2, 0.25) is 0 Å². The third-order valence-corrected chi connectivity index (χ3v) is 3.54. The van der Waals surface area contributed by atoms with Gasteiger partial charge in [-0.3, -0.25) is 0 Å². The zero-order valence-corrected chi connectivity index (χ0v) is 11.7. The van der Waals surface area contributed by atoms with Crippen LogP contribution in [0.25, 0.3) is 0 Å². The Morgan fingerprint density at radius 2 is 2.00 bits per heavy atom. The van der Waals surface area contributed by atoms with Crippen molar-refractivity contribution in [2.45, 2.75) is 58.5 Å². The summed E-state index contributed by atoms with van der Waals surface area (Å²) >= 11 is 0. The average molecular weight is 256 g/mol. The Morgan fingerprint density at radius 3 is 2.50 bits per heavy atom. The maximum absolute atomic E-state index is 12.1. The molecule has 5 nitrogen and oxygen atoms in total. The van der Waals surface area contributed by atoms with E-state index >= 15 is 0 Å². The van der Waals surface area contributed by atoms with Crippen LogP contribution >= 0.6 is 0 Å². The highest BCUT2D eigenvalue weighted by Gasteiger charge is 2.46. The second-order valence-electron chi connectivity index (χ2n) is 5.81. The van der Waals surface area contributed by atoms with Crippen LogP contribution in [0.1, 0.15) is 47.0 Å². The van der Waals surface area contributed by atoms with Crippen LogP contribution in [0.15, 0.2) is 0 Å². The molecule has 104 valence electrons. The molecule has 1 fully saturated rings. The summed E-state index contributed by atoms with van der Waals surface area (Å²) in [6.45, 7) is 8.28. The van der Waals surface area contributed by atoms with E-state index in [1.54, 1.807) is 6.92 Å². The molecule has 2 amide bonds. The van der Waals surface area contributed by atoms with Gasteiger partial charge < -0.3 is 15.3 Å². The molecule has 2 N–H and O–H groups in total. The van der Waals surface area contributed by atoms with Crippen molar-refractivity contribution in [3.05, 3.63) is 0 Å². The summed E-state index contributed by atoms with van der Waals surface area (Å²) in [7, 11) is 0. The smallest absolute Gasteiger partial charge is 0.329 e. The molecule has 2 atom stereocenters. The van der Waals surface area contributed by atoms with Gasteiger partial charge in [0, 0.05) is 12.6 Å². The van der Waals surface area contributed by atoms with E-state index < -0.39 is 11.5 Å². The molecule has 0 aromatic rings. The third-order valence-electron chi connectivity index (χ3n) is 3.54. The fourth-order valence-corrected chi connectivity index (χ4v) is 2.57. The number of hydrogen-bond donors (Lipinski definition) is 2. The van der Waals surface area contributed by atoms with Gasteiger partial charge in [0.1, 0.15) is 5.54 Å². The minimum absolute atomic E-state index is 0.0659. The third kappa shape index (κ3) is 3.15. The molecule has 5 heteroatoms. The molecule has 18 heavy (non-hydrogen) atoms. The monoisotopic (exact) mass is 256 g/mol. The number of aliphatic carboxylic acids is 1. The Labute approximate surface area is 109 Å². The molecule has 1 heterocycles. The van der Waals surface area contributed by atoms with E-state index in [1.165, 1.54) is 4.90 Å². The number of carbonyl (C=O) groups is 2. The standard InChI is InChI=1S/C13H24N2O3/c1-9(2)8-10(3)14-12(18)15-7-5-6-13(15,4)11(16)17/h9-10H,5-8H2,1-4H3,(H,14,18)(H,16,17). The fourth-order valence-electron chi connectivity index (χ4n) is 2.57. The van der Waals surface area contributed by atoms with Crippen molar-refractivity contribution >= 4 is 12.0 Å². The van der Waals surface area contributed by atoms with Crippen molar-refractivity contribution in [1.29, 1.82) is 0 Å². The number of carbonyl (C=O) groups excluding carboxylic acids is 1. The normalized spacial score (nSPS) is 25.3. The van der Waals surface area contributed by atoms with Crippen molar-refractivity contribution in [2.75, 3.05) is 6.54 Å². The SMILES string of the molecule is CC(C)CC(C)NC(=O)N1CCCC1(C)C(=O)O. The molecule has 2 unspecified atom stereocenters. The van der Waals surface area contributed by atoms with Crippen molar-refractivity contribution in [3.63, 3.8) is 0 Å². The van der Waals surface area contributed by atoms with Gasteiger partial charge in [-0.05, 0) is 39.0 Å². The number of nitrogens with one attached hydrogen (secondary N) is 1. The maximum atomic E-state index is 12.1. The van der Waals surface area contributed by atoms with E-state index in [-0.39, 0.29) is 12.1 Å². The summed E-state index contributed by atoms with van der Waals surface area (Å²) in [5.74, 6) is -0.420. The van der Waals surface area contributed by atoms with Gasteiger partial charge >= 0.3 is 12.0 Å². The number of rotatable bonds is 4. The van der Waals surface area contributed by atoms with Crippen LogP contribution in [0.3, 0.4) is 0 Å². The Morgan fingerprint density at radius 1 is 1.39 bits per heavy atom. The van der Waals surface area contributed by atoms with Crippen LogP contribution in [0.4, 0.5) is 4.79 Å². The average Bonchev–Trinajstić information content (AvgIpc) is 2.60. The van der Waals surface area contributed by atoms with Crippen molar-refractivity contribution < 1.29 is 14.7 Å². The van der Waals surface area contributed by atoms with Gasteiger partial charge in [-0.15, -0.1) is 0 Å².